The topological polar surface area (TPSA) is 68.4 Å². The van der Waals surface area contributed by atoms with Crippen LogP contribution in [0.1, 0.15) is 33.1 Å². The summed E-state index contributed by atoms with van der Waals surface area (Å²) in [5.74, 6) is 0.948. The van der Waals surface area contributed by atoms with Gasteiger partial charge in [0.2, 0.25) is 5.91 Å². The minimum Gasteiger partial charge on any atom is -0.351 e. The molecule has 0 aliphatic heterocycles. The molecule has 118 valence electrons. The van der Waals surface area contributed by atoms with E-state index < -0.39 is 0 Å². The summed E-state index contributed by atoms with van der Waals surface area (Å²) in [5.41, 5.74) is 0.287. The third kappa shape index (κ3) is 2.77. The minimum atomic E-state index is -0.243. The maximum atomic E-state index is 12.2. The molecule has 0 bridgehead atoms. The molecule has 1 saturated carbocycles. The van der Waals surface area contributed by atoms with E-state index >= 15 is 0 Å². The van der Waals surface area contributed by atoms with E-state index in [1.165, 1.54) is 11.1 Å². The molecule has 1 amide bonds. The summed E-state index contributed by atoms with van der Waals surface area (Å²) in [4.78, 5) is 24.5. The van der Waals surface area contributed by atoms with Gasteiger partial charge in [-0.2, -0.15) is 5.10 Å². The maximum absolute atomic E-state index is 12.2. The summed E-state index contributed by atoms with van der Waals surface area (Å²) in [6, 6.07) is 3.71. The normalized spacial score (nSPS) is 25.3. The molecular formula is C16H22N4O2. The number of carbonyl (C=O) groups excluding carboxylic acids is 1. The zero-order valence-corrected chi connectivity index (χ0v) is 13.0. The number of hydrogen-bond acceptors (Lipinski definition) is 3. The average molecular weight is 302 g/mol. The predicted octanol–water partition coefficient (Wildman–Crippen LogP) is 1.44. The second kappa shape index (κ2) is 5.94. The molecule has 1 aliphatic carbocycles. The van der Waals surface area contributed by atoms with Crippen LogP contribution in [0.4, 0.5) is 0 Å². The number of fused-ring (bicyclic) bond motifs is 1. The van der Waals surface area contributed by atoms with Gasteiger partial charge in [0, 0.05) is 12.2 Å². The van der Waals surface area contributed by atoms with Crippen LogP contribution in [-0.4, -0.2) is 26.1 Å². The first-order valence-electron chi connectivity index (χ1n) is 7.88. The van der Waals surface area contributed by atoms with Crippen molar-refractivity contribution in [3.05, 3.63) is 35.0 Å². The van der Waals surface area contributed by atoms with Crippen LogP contribution in [0.15, 0.2) is 29.5 Å². The Bertz CT molecular complexity index is 733. The van der Waals surface area contributed by atoms with Gasteiger partial charge in [0.25, 0.3) is 5.56 Å². The van der Waals surface area contributed by atoms with E-state index in [1.807, 2.05) is 0 Å². The predicted molar refractivity (Wildman–Crippen MR) is 83.6 cm³/mol. The Morgan fingerprint density at radius 2 is 2.23 bits per heavy atom. The van der Waals surface area contributed by atoms with Gasteiger partial charge in [-0.15, -0.1) is 0 Å². The Balaban J connectivity index is 1.70. The first-order valence-corrected chi connectivity index (χ1v) is 7.88. The zero-order chi connectivity index (χ0) is 15.7. The molecule has 2 aromatic rings. The highest BCUT2D eigenvalue weighted by atomic mass is 16.2. The fourth-order valence-electron chi connectivity index (χ4n) is 3.27. The van der Waals surface area contributed by atoms with Gasteiger partial charge in [-0.3, -0.25) is 9.59 Å². The van der Waals surface area contributed by atoms with Crippen molar-refractivity contribution in [2.45, 2.75) is 45.7 Å². The third-order valence-electron chi connectivity index (χ3n) is 4.89. The number of aromatic nitrogens is 3. The lowest BCUT2D eigenvalue weighted by Crippen LogP contribution is -2.45. The summed E-state index contributed by atoms with van der Waals surface area (Å²) in [5, 5.41) is 7.12. The number of rotatable bonds is 3. The number of nitrogens with zero attached hydrogens (tertiary/aromatic N) is 3. The number of amides is 1. The van der Waals surface area contributed by atoms with E-state index in [0.29, 0.717) is 17.4 Å². The summed E-state index contributed by atoms with van der Waals surface area (Å²) < 4.78 is 2.88. The van der Waals surface area contributed by atoms with E-state index in [0.717, 1.165) is 12.8 Å². The molecule has 0 radical (unpaired) electrons. The fourth-order valence-corrected chi connectivity index (χ4v) is 3.27. The van der Waals surface area contributed by atoms with Crippen LogP contribution in [0.25, 0.3) is 5.52 Å². The molecule has 1 aliphatic rings. The summed E-state index contributed by atoms with van der Waals surface area (Å²) in [6.45, 7) is 4.39. The summed E-state index contributed by atoms with van der Waals surface area (Å²) in [7, 11) is 0. The highest BCUT2D eigenvalue weighted by Crippen LogP contribution is 2.29. The second-order valence-electron chi connectivity index (χ2n) is 6.34. The Kier molecular flexibility index (Phi) is 4.00. The molecule has 1 fully saturated rings. The largest absolute Gasteiger partial charge is 0.351 e. The summed E-state index contributed by atoms with van der Waals surface area (Å²) in [6.07, 6.45) is 6.69. The van der Waals surface area contributed by atoms with E-state index in [-0.39, 0.29) is 24.1 Å². The van der Waals surface area contributed by atoms with Gasteiger partial charge in [-0.25, -0.2) is 4.68 Å². The van der Waals surface area contributed by atoms with Crippen molar-refractivity contribution >= 4 is 11.4 Å². The second-order valence-corrected chi connectivity index (χ2v) is 6.34. The highest BCUT2D eigenvalue weighted by Gasteiger charge is 2.28. The first-order chi connectivity index (χ1) is 10.6. The van der Waals surface area contributed by atoms with Crippen LogP contribution in [0.2, 0.25) is 0 Å². The van der Waals surface area contributed by atoms with Gasteiger partial charge in [-0.05, 0) is 30.4 Å². The molecular weight excluding hydrogens is 280 g/mol. The zero-order valence-electron chi connectivity index (χ0n) is 13.0. The molecule has 2 aromatic heterocycles. The van der Waals surface area contributed by atoms with Crippen LogP contribution >= 0.6 is 0 Å². The van der Waals surface area contributed by atoms with E-state index in [2.05, 4.69) is 24.3 Å². The SMILES string of the molecule is C[C@@H]1[C@H](C)CCC[C@H]1NC(=O)Cn1ncn2cccc2c1=O. The molecule has 3 rings (SSSR count). The quantitative estimate of drug-likeness (QED) is 0.932. The van der Waals surface area contributed by atoms with Crippen molar-refractivity contribution in [3.63, 3.8) is 0 Å². The molecule has 2 heterocycles. The lowest BCUT2D eigenvalue weighted by Gasteiger charge is -2.34. The smallest absolute Gasteiger partial charge is 0.291 e. The standard InChI is InChI=1S/C16H22N4O2/c1-11-5-3-6-13(12(11)2)18-15(21)9-20-16(22)14-7-4-8-19(14)10-17-20/h4,7-8,10-13H,3,5-6,9H2,1-2H3,(H,18,21)/t11-,12-,13-/m1/s1. The Labute approximate surface area is 129 Å². The number of hydrogen-bond donors (Lipinski definition) is 1. The van der Waals surface area contributed by atoms with Gasteiger partial charge in [0.1, 0.15) is 18.4 Å². The van der Waals surface area contributed by atoms with Crippen molar-refractivity contribution in [3.8, 4) is 0 Å². The Morgan fingerprint density at radius 3 is 3.05 bits per heavy atom. The van der Waals surface area contributed by atoms with E-state index in [9.17, 15) is 9.59 Å². The molecule has 6 heteroatoms. The number of carbonyl (C=O) groups is 1. The van der Waals surface area contributed by atoms with Crippen molar-refractivity contribution < 1.29 is 4.79 Å². The van der Waals surface area contributed by atoms with Crippen LogP contribution in [-0.2, 0) is 11.3 Å². The highest BCUT2D eigenvalue weighted by molar-refractivity contribution is 5.76. The molecule has 22 heavy (non-hydrogen) atoms. The van der Waals surface area contributed by atoms with Crippen LogP contribution in [0, 0.1) is 11.8 Å². The summed E-state index contributed by atoms with van der Waals surface area (Å²) >= 11 is 0. The Hall–Kier alpha value is -2.11. The fraction of sp³-hybridized carbons (Fsp3) is 0.562. The molecule has 1 N–H and O–H groups in total. The third-order valence-corrected chi connectivity index (χ3v) is 4.89. The molecule has 0 saturated heterocycles. The minimum absolute atomic E-state index is 0.0296. The van der Waals surface area contributed by atoms with Crippen LogP contribution in [0.3, 0.4) is 0 Å². The van der Waals surface area contributed by atoms with Gasteiger partial charge in [0.15, 0.2) is 0 Å². The molecule has 6 nitrogen and oxygen atoms in total. The molecule has 3 atom stereocenters. The monoisotopic (exact) mass is 302 g/mol. The molecule has 0 unspecified atom stereocenters. The van der Waals surface area contributed by atoms with Gasteiger partial charge in [0.05, 0.1) is 0 Å². The van der Waals surface area contributed by atoms with Gasteiger partial charge >= 0.3 is 0 Å². The van der Waals surface area contributed by atoms with Crippen molar-refractivity contribution in [2.24, 2.45) is 11.8 Å². The lowest BCUT2D eigenvalue weighted by atomic mass is 9.78. The maximum Gasteiger partial charge on any atom is 0.291 e. The Morgan fingerprint density at radius 1 is 1.41 bits per heavy atom. The molecule has 0 aromatic carbocycles. The van der Waals surface area contributed by atoms with Crippen LogP contribution in [0.5, 0.6) is 0 Å². The van der Waals surface area contributed by atoms with Gasteiger partial charge < -0.3 is 9.72 Å². The van der Waals surface area contributed by atoms with Crippen molar-refractivity contribution in [2.75, 3.05) is 0 Å². The lowest BCUT2D eigenvalue weighted by molar-refractivity contribution is -0.123. The average Bonchev–Trinajstić information content (AvgIpc) is 2.96. The number of nitrogens with one attached hydrogen (secondary N) is 1. The van der Waals surface area contributed by atoms with Crippen molar-refractivity contribution in [1.82, 2.24) is 19.5 Å². The van der Waals surface area contributed by atoms with Gasteiger partial charge in [-0.1, -0.05) is 26.7 Å². The van der Waals surface area contributed by atoms with Crippen LogP contribution < -0.4 is 10.9 Å². The molecule has 0 spiro atoms. The van der Waals surface area contributed by atoms with E-state index in [1.54, 1.807) is 29.1 Å². The van der Waals surface area contributed by atoms with E-state index in [4.69, 9.17) is 0 Å². The first kappa shape index (κ1) is 14.8. The van der Waals surface area contributed by atoms with Crippen molar-refractivity contribution in [1.29, 1.82) is 0 Å².